The van der Waals surface area contributed by atoms with Gasteiger partial charge in [0.25, 0.3) is 0 Å². The van der Waals surface area contributed by atoms with Gasteiger partial charge in [-0.15, -0.1) is 0 Å². The van der Waals surface area contributed by atoms with Gasteiger partial charge in [-0.2, -0.15) is 5.10 Å². The molecule has 0 saturated heterocycles. The lowest BCUT2D eigenvalue weighted by Crippen LogP contribution is -2.42. The smallest absolute Gasteiger partial charge is 0.240 e. The Morgan fingerprint density at radius 3 is 2.61 bits per heavy atom. The summed E-state index contributed by atoms with van der Waals surface area (Å²) in [5.74, 6) is 0.661. The van der Waals surface area contributed by atoms with Gasteiger partial charge in [-0.05, 0) is 57.5 Å². The molecule has 1 unspecified atom stereocenters. The lowest BCUT2D eigenvalue weighted by molar-refractivity contribution is 0.588. The van der Waals surface area contributed by atoms with Crippen molar-refractivity contribution in [3.05, 3.63) is 46.8 Å². The van der Waals surface area contributed by atoms with E-state index >= 15 is 0 Å². The molecule has 154 valence electrons. The fourth-order valence-corrected chi connectivity index (χ4v) is 3.82. The molecule has 0 fully saturated rings. The lowest BCUT2D eigenvalue weighted by Gasteiger charge is -2.18. The van der Waals surface area contributed by atoms with Crippen LogP contribution in [0.5, 0.6) is 0 Å². The molecular weight excluding hydrogens is 376 g/mol. The number of benzene rings is 1. The van der Waals surface area contributed by atoms with Gasteiger partial charge < -0.3 is 10.6 Å². The number of rotatable bonds is 7. The summed E-state index contributed by atoms with van der Waals surface area (Å²) in [6, 6.07) is 6.99. The Morgan fingerprint density at radius 1 is 1.32 bits per heavy atom. The molecule has 0 amide bonds. The van der Waals surface area contributed by atoms with Gasteiger partial charge in [0.2, 0.25) is 10.0 Å². The van der Waals surface area contributed by atoms with Crippen LogP contribution >= 0.6 is 0 Å². The third-order valence-electron chi connectivity index (χ3n) is 4.71. The molecule has 8 nitrogen and oxygen atoms in total. The summed E-state index contributed by atoms with van der Waals surface area (Å²) in [6.07, 6.45) is 0.835. The molecule has 3 N–H and O–H groups in total. The van der Waals surface area contributed by atoms with Crippen molar-refractivity contribution in [2.45, 2.75) is 44.7 Å². The fraction of sp³-hybridized carbons (Fsp3) is 0.474. The Hall–Kier alpha value is -2.39. The van der Waals surface area contributed by atoms with E-state index in [0.717, 1.165) is 23.4 Å². The minimum absolute atomic E-state index is 0.156. The van der Waals surface area contributed by atoms with E-state index < -0.39 is 10.0 Å². The summed E-state index contributed by atoms with van der Waals surface area (Å²) in [6.45, 7) is 6.65. The molecule has 1 aromatic carbocycles. The third kappa shape index (κ3) is 5.32. The second-order valence-corrected chi connectivity index (χ2v) is 8.69. The van der Waals surface area contributed by atoms with Crippen LogP contribution in [0.15, 0.2) is 34.2 Å². The molecule has 0 saturated carbocycles. The van der Waals surface area contributed by atoms with Crippen molar-refractivity contribution < 1.29 is 8.42 Å². The molecule has 9 heteroatoms. The Bertz CT molecular complexity index is 949. The van der Waals surface area contributed by atoms with Crippen molar-refractivity contribution in [2.24, 2.45) is 12.0 Å². The Balaban J connectivity index is 1.99. The van der Waals surface area contributed by atoms with E-state index in [-0.39, 0.29) is 10.9 Å². The molecule has 2 rings (SSSR count). The van der Waals surface area contributed by atoms with Crippen molar-refractivity contribution in [3.8, 4) is 0 Å². The second kappa shape index (κ2) is 9.20. The lowest BCUT2D eigenvalue weighted by atomic mass is 10.1. The van der Waals surface area contributed by atoms with Crippen LogP contribution in [0.4, 0.5) is 0 Å². The van der Waals surface area contributed by atoms with Crippen LogP contribution < -0.4 is 15.4 Å². The van der Waals surface area contributed by atoms with Crippen LogP contribution in [0.25, 0.3) is 0 Å². The molecule has 28 heavy (non-hydrogen) atoms. The van der Waals surface area contributed by atoms with Crippen LogP contribution in [0.2, 0.25) is 0 Å². The summed E-state index contributed by atoms with van der Waals surface area (Å²) < 4.78 is 28.1. The molecule has 1 heterocycles. The van der Waals surface area contributed by atoms with Gasteiger partial charge in [0.05, 0.1) is 10.6 Å². The van der Waals surface area contributed by atoms with E-state index in [9.17, 15) is 8.42 Å². The highest BCUT2D eigenvalue weighted by atomic mass is 32.2. The van der Waals surface area contributed by atoms with Crippen molar-refractivity contribution in [1.29, 1.82) is 0 Å². The first kappa shape index (κ1) is 21.9. The standard InChI is InChI=1S/C19H30N6O2S/c1-13(10-18-14(2)24-25(6)15(18)3)23-19(20-4)22-12-16-8-7-9-17(11-16)28(26,27)21-5/h7-9,11,13,21H,10,12H2,1-6H3,(H2,20,22,23). The Morgan fingerprint density at radius 2 is 2.04 bits per heavy atom. The number of sulfonamides is 1. The van der Waals surface area contributed by atoms with E-state index in [1.54, 1.807) is 25.2 Å². The number of aryl methyl sites for hydroxylation is 2. The van der Waals surface area contributed by atoms with Gasteiger partial charge in [0, 0.05) is 32.4 Å². The van der Waals surface area contributed by atoms with E-state index in [0.29, 0.717) is 12.5 Å². The van der Waals surface area contributed by atoms with Crippen molar-refractivity contribution in [2.75, 3.05) is 14.1 Å². The topological polar surface area (TPSA) is 100 Å². The molecule has 0 aliphatic heterocycles. The average Bonchev–Trinajstić information content (AvgIpc) is 2.91. The van der Waals surface area contributed by atoms with Crippen LogP contribution in [0.1, 0.15) is 29.4 Å². The first-order valence-electron chi connectivity index (χ1n) is 9.16. The van der Waals surface area contributed by atoms with E-state index in [2.05, 4.69) is 39.3 Å². The zero-order valence-corrected chi connectivity index (χ0v) is 18.2. The molecule has 0 bridgehead atoms. The number of nitrogens with zero attached hydrogens (tertiary/aromatic N) is 3. The third-order valence-corrected chi connectivity index (χ3v) is 6.13. The first-order valence-corrected chi connectivity index (χ1v) is 10.6. The van der Waals surface area contributed by atoms with E-state index in [4.69, 9.17) is 0 Å². The monoisotopic (exact) mass is 406 g/mol. The van der Waals surface area contributed by atoms with Gasteiger partial charge >= 0.3 is 0 Å². The molecule has 1 aromatic heterocycles. The van der Waals surface area contributed by atoms with Gasteiger partial charge in [0.1, 0.15) is 0 Å². The summed E-state index contributed by atoms with van der Waals surface area (Å²) in [5, 5.41) is 11.1. The van der Waals surface area contributed by atoms with E-state index in [1.165, 1.54) is 12.6 Å². The maximum absolute atomic E-state index is 11.9. The second-order valence-electron chi connectivity index (χ2n) is 6.80. The van der Waals surface area contributed by atoms with Crippen molar-refractivity contribution in [3.63, 3.8) is 0 Å². The summed E-state index contributed by atoms with van der Waals surface area (Å²) in [4.78, 5) is 4.51. The highest BCUT2D eigenvalue weighted by molar-refractivity contribution is 7.89. The minimum Gasteiger partial charge on any atom is -0.354 e. The van der Waals surface area contributed by atoms with Crippen LogP contribution in [0.3, 0.4) is 0 Å². The molecule has 0 radical (unpaired) electrons. The molecule has 0 spiro atoms. The maximum atomic E-state index is 11.9. The average molecular weight is 407 g/mol. The Labute approximate surface area is 167 Å². The largest absolute Gasteiger partial charge is 0.354 e. The highest BCUT2D eigenvalue weighted by Gasteiger charge is 2.14. The quantitative estimate of drug-likeness (QED) is 0.474. The highest BCUT2D eigenvalue weighted by Crippen LogP contribution is 2.14. The normalized spacial score (nSPS) is 13.4. The fourth-order valence-electron chi connectivity index (χ4n) is 3.02. The first-order chi connectivity index (χ1) is 13.2. The van der Waals surface area contributed by atoms with Gasteiger partial charge in [-0.3, -0.25) is 9.67 Å². The summed E-state index contributed by atoms with van der Waals surface area (Å²) >= 11 is 0. The zero-order valence-electron chi connectivity index (χ0n) is 17.4. The summed E-state index contributed by atoms with van der Waals surface area (Å²) in [5.41, 5.74) is 4.30. The number of aromatic nitrogens is 2. The van der Waals surface area contributed by atoms with Crippen LogP contribution in [0, 0.1) is 13.8 Å². The minimum atomic E-state index is -3.46. The number of hydrogen-bond acceptors (Lipinski definition) is 4. The predicted molar refractivity (Wildman–Crippen MR) is 112 cm³/mol. The number of guanidine groups is 1. The number of nitrogens with one attached hydrogen (secondary N) is 3. The van der Waals surface area contributed by atoms with Gasteiger partial charge in [-0.25, -0.2) is 13.1 Å². The maximum Gasteiger partial charge on any atom is 0.240 e. The van der Waals surface area contributed by atoms with E-state index in [1.807, 2.05) is 24.7 Å². The zero-order chi connectivity index (χ0) is 20.9. The molecule has 2 aromatic rings. The van der Waals surface area contributed by atoms with Gasteiger partial charge in [-0.1, -0.05) is 12.1 Å². The molecular formula is C19H30N6O2S. The summed E-state index contributed by atoms with van der Waals surface area (Å²) in [7, 11) is 1.61. The predicted octanol–water partition coefficient (Wildman–Crippen LogP) is 1.24. The Kier molecular flexibility index (Phi) is 7.20. The molecule has 0 aliphatic carbocycles. The SMILES string of the molecule is CN=C(NCc1cccc(S(=O)(=O)NC)c1)NC(C)Cc1c(C)nn(C)c1C. The van der Waals surface area contributed by atoms with Crippen LogP contribution in [-0.4, -0.2) is 44.3 Å². The van der Waals surface area contributed by atoms with Crippen molar-refractivity contribution >= 4 is 16.0 Å². The van der Waals surface area contributed by atoms with Crippen molar-refractivity contribution in [1.82, 2.24) is 25.1 Å². The molecule has 0 aliphatic rings. The number of hydrogen-bond donors (Lipinski definition) is 3. The number of aliphatic imine (C=N–C) groups is 1. The van der Waals surface area contributed by atoms with Gasteiger partial charge in [0.15, 0.2) is 5.96 Å². The molecule has 1 atom stereocenters. The van der Waals surface area contributed by atoms with Crippen LogP contribution in [-0.2, 0) is 30.0 Å².